The number of nitrogens with one attached hydrogen (secondary N) is 1. The number of nitrogens with zero attached hydrogens (tertiary/aromatic N) is 1. The topological polar surface area (TPSA) is 69.6 Å². The average Bonchev–Trinajstić information content (AvgIpc) is 2.26. The van der Waals surface area contributed by atoms with Gasteiger partial charge in [-0.3, -0.25) is 0 Å². The number of rotatable bonds is 3. The molecule has 0 heterocycles. The first kappa shape index (κ1) is 13.3. The number of urea groups is 1. The lowest BCUT2D eigenvalue weighted by molar-refractivity contribution is 0.0697. The van der Waals surface area contributed by atoms with Gasteiger partial charge in [-0.1, -0.05) is 11.6 Å². The highest BCUT2D eigenvalue weighted by molar-refractivity contribution is 6.31. The zero-order valence-corrected chi connectivity index (χ0v) is 10.3. The van der Waals surface area contributed by atoms with E-state index in [1.165, 1.54) is 23.1 Å². The Labute approximate surface area is 104 Å². The standard InChI is InChI=1S/C11H13ClN2O3/c1-3-14(2)11(17)13-9-5-7(10(15)16)4-8(12)6-9/h4-6H,3H2,1-2H3,(H,13,17)(H,15,16). The van der Waals surface area contributed by atoms with Crippen LogP contribution in [0, 0.1) is 0 Å². The first-order valence-corrected chi connectivity index (χ1v) is 5.38. The Balaban J connectivity index is 2.92. The van der Waals surface area contributed by atoms with Gasteiger partial charge < -0.3 is 15.3 Å². The zero-order valence-electron chi connectivity index (χ0n) is 9.53. The molecule has 0 unspecified atom stereocenters. The molecule has 0 spiro atoms. The summed E-state index contributed by atoms with van der Waals surface area (Å²) < 4.78 is 0. The predicted molar refractivity (Wildman–Crippen MR) is 65.7 cm³/mol. The van der Waals surface area contributed by atoms with Crippen LogP contribution in [0.1, 0.15) is 17.3 Å². The van der Waals surface area contributed by atoms with E-state index >= 15 is 0 Å². The van der Waals surface area contributed by atoms with Crippen molar-refractivity contribution in [3.63, 3.8) is 0 Å². The Morgan fingerprint density at radius 1 is 1.41 bits per heavy atom. The molecule has 0 radical (unpaired) electrons. The van der Waals surface area contributed by atoms with Gasteiger partial charge >= 0.3 is 12.0 Å². The Morgan fingerprint density at radius 2 is 2.06 bits per heavy atom. The lowest BCUT2D eigenvalue weighted by atomic mass is 10.2. The fourth-order valence-corrected chi connectivity index (χ4v) is 1.38. The summed E-state index contributed by atoms with van der Waals surface area (Å²) in [5.74, 6) is -1.09. The molecule has 0 aliphatic rings. The molecule has 2 amide bonds. The summed E-state index contributed by atoms with van der Waals surface area (Å²) in [7, 11) is 1.64. The van der Waals surface area contributed by atoms with Crippen LogP contribution in [0.25, 0.3) is 0 Å². The molecule has 0 fully saturated rings. The first-order chi connectivity index (χ1) is 7.93. The zero-order chi connectivity index (χ0) is 13.0. The van der Waals surface area contributed by atoms with Gasteiger partial charge in [0.1, 0.15) is 0 Å². The summed E-state index contributed by atoms with van der Waals surface area (Å²) in [6, 6.07) is 3.86. The van der Waals surface area contributed by atoms with Crippen molar-refractivity contribution in [1.82, 2.24) is 4.90 Å². The fourth-order valence-electron chi connectivity index (χ4n) is 1.15. The highest BCUT2D eigenvalue weighted by atomic mass is 35.5. The summed E-state index contributed by atoms with van der Waals surface area (Å²) >= 11 is 5.76. The SMILES string of the molecule is CCN(C)C(=O)Nc1cc(Cl)cc(C(=O)O)c1. The number of carbonyl (C=O) groups is 2. The minimum atomic E-state index is -1.09. The molecule has 0 atom stereocenters. The molecule has 5 nitrogen and oxygen atoms in total. The lowest BCUT2D eigenvalue weighted by Crippen LogP contribution is -2.31. The number of benzene rings is 1. The monoisotopic (exact) mass is 256 g/mol. The van der Waals surface area contributed by atoms with Gasteiger partial charge in [0.05, 0.1) is 5.56 Å². The molecule has 2 N–H and O–H groups in total. The summed E-state index contributed by atoms with van der Waals surface area (Å²) in [5.41, 5.74) is 0.396. The molecule has 0 aliphatic carbocycles. The van der Waals surface area contributed by atoms with Crippen LogP contribution >= 0.6 is 11.6 Å². The molecule has 6 heteroatoms. The highest BCUT2D eigenvalue weighted by Crippen LogP contribution is 2.19. The Kier molecular flexibility index (Phi) is 4.34. The van der Waals surface area contributed by atoms with Gasteiger partial charge in [0.2, 0.25) is 0 Å². The van der Waals surface area contributed by atoms with Gasteiger partial charge in [-0.2, -0.15) is 0 Å². The maximum Gasteiger partial charge on any atom is 0.335 e. The summed E-state index contributed by atoms with van der Waals surface area (Å²) in [6.45, 7) is 2.39. The van der Waals surface area contributed by atoms with Crippen LogP contribution < -0.4 is 5.32 Å². The van der Waals surface area contributed by atoms with Crippen molar-refractivity contribution in [2.45, 2.75) is 6.92 Å². The largest absolute Gasteiger partial charge is 0.478 e. The van der Waals surface area contributed by atoms with Crippen molar-refractivity contribution in [2.75, 3.05) is 18.9 Å². The van der Waals surface area contributed by atoms with E-state index in [9.17, 15) is 9.59 Å². The predicted octanol–water partition coefficient (Wildman–Crippen LogP) is 2.52. The molecule has 1 rings (SSSR count). The second-order valence-electron chi connectivity index (χ2n) is 3.48. The number of aromatic carboxylic acids is 1. The fraction of sp³-hybridized carbons (Fsp3) is 0.273. The van der Waals surface area contributed by atoms with Gasteiger partial charge in [0.15, 0.2) is 0 Å². The number of hydrogen-bond donors (Lipinski definition) is 2. The van der Waals surface area contributed by atoms with Crippen LogP contribution in [0.3, 0.4) is 0 Å². The summed E-state index contributed by atoms with van der Waals surface area (Å²) in [4.78, 5) is 23.8. The van der Waals surface area contributed by atoms with E-state index in [1.807, 2.05) is 6.92 Å². The van der Waals surface area contributed by atoms with Gasteiger partial charge in [-0.05, 0) is 25.1 Å². The summed E-state index contributed by atoms with van der Waals surface area (Å²) in [6.07, 6.45) is 0. The molecule has 1 aromatic carbocycles. The number of carboxylic acids is 1. The number of hydrogen-bond acceptors (Lipinski definition) is 2. The van der Waals surface area contributed by atoms with Gasteiger partial charge in [0, 0.05) is 24.3 Å². The second kappa shape index (κ2) is 5.54. The molecule has 0 bridgehead atoms. The van der Waals surface area contributed by atoms with Crippen molar-refractivity contribution >= 4 is 29.3 Å². The number of carbonyl (C=O) groups excluding carboxylic acids is 1. The molecular formula is C11H13ClN2O3. The van der Waals surface area contributed by atoms with Crippen LogP contribution in [0.15, 0.2) is 18.2 Å². The maximum atomic E-state index is 11.6. The third-order valence-electron chi connectivity index (χ3n) is 2.22. The highest BCUT2D eigenvalue weighted by Gasteiger charge is 2.10. The van der Waals surface area contributed by atoms with E-state index < -0.39 is 5.97 Å². The van der Waals surface area contributed by atoms with Gasteiger partial charge in [0.25, 0.3) is 0 Å². The van der Waals surface area contributed by atoms with Crippen molar-refractivity contribution < 1.29 is 14.7 Å². The molecule has 92 valence electrons. The Hall–Kier alpha value is -1.75. The van der Waals surface area contributed by atoms with Crippen LogP contribution in [0.5, 0.6) is 0 Å². The molecular weight excluding hydrogens is 244 g/mol. The smallest absolute Gasteiger partial charge is 0.335 e. The van der Waals surface area contributed by atoms with E-state index in [2.05, 4.69) is 5.32 Å². The quantitative estimate of drug-likeness (QED) is 0.873. The van der Waals surface area contributed by atoms with Gasteiger partial charge in [-0.15, -0.1) is 0 Å². The van der Waals surface area contributed by atoms with Crippen LogP contribution in [-0.4, -0.2) is 35.6 Å². The van der Waals surface area contributed by atoms with E-state index in [0.717, 1.165) is 0 Å². The first-order valence-electron chi connectivity index (χ1n) is 5.00. The van der Waals surface area contributed by atoms with Crippen LogP contribution in [-0.2, 0) is 0 Å². The molecule has 1 aromatic rings. The van der Waals surface area contributed by atoms with Crippen LogP contribution in [0.4, 0.5) is 10.5 Å². The van der Waals surface area contributed by atoms with Crippen molar-refractivity contribution in [2.24, 2.45) is 0 Å². The molecule has 0 saturated heterocycles. The third kappa shape index (κ3) is 3.64. The molecule has 0 aliphatic heterocycles. The molecule has 0 aromatic heterocycles. The van der Waals surface area contributed by atoms with Crippen molar-refractivity contribution in [1.29, 1.82) is 0 Å². The van der Waals surface area contributed by atoms with Crippen LogP contribution in [0.2, 0.25) is 5.02 Å². The van der Waals surface area contributed by atoms with E-state index in [4.69, 9.17) is 16.7 Å². The normalized spacial score (nSPS) is 9.82. The molecule has 0 saturated carbocycles. The van der Waals surface area contributed by atoms with Crippen molar-refractivity contribution in [3.05, 3.63) is 28.8 Å². The average molecular weight is 257 g/mol. The number of halogens is 1. The Bertz CT molecular complexity index is 448. The maximum absolute atomic E-state index is 11.6. The molecule has 17 heavy (non-hydrogen) atoms. The van der Waals surface area contributed by atoms with E-state index in [1.54, 1.807) is 7.05 Å². The summed E-state index contributed by atoms with van der Waals surface area (Å²) in [5, 5.41) is 11.7. The van der Waals surface area contributed by atoms with Crippen molar-refractivity contribution in [3.8, 4) is 0 Å². The minimum Gasteiger partial charge on any atom is -0.478 e. The minimum absolute atomic E-state index is 0.0342. The van der Waals surface area contributed by atoms with E-state index in [-0.39, 0.29) is 16.6 Å². The Morgan fingerprint density at radius 3 is 2.59 bits per heavy atom. The third-order valence-corrected chi connectivity index (χ3v) is 2.44. The number of amides is 2. The van der Waals surface area contributed by atoms with E-state index in [0.29, 0.717) is 12.2 Å². The lowest BCUT2D eigenvalue weighted by Gasteiger charge is -2.15. The number of carboxylic acid groups (broad SMARTS) is 1. The van der Waals surface area contributed by atoms with Gasteiger partial charge in [-0.25, -0.2) is 9.59 Å². The second-order valence-corrected chi connectivity index (χ2v) is 3.91. The number of anilines is 1.